The second kappa shape index (κ2) is 25.8. The molecule has 2 N–H and O–H groups in total. The Balaban J connectivity index is -0.000000102. The van der Waals surface area contributed by atoms with Crippen LogP contribution in [-0.2, 0) is 22.0 Å². The van der Waals surface area contributed by atoms with Crippen LogP contribution in [0.15, 0.2) is 97.1 Å². The molecule has 0 heterocycles. The molecule has 0 radical (unpaired) electrons. The van der Waals surface area contributed by atoms with Crippen LogP contribution in [0.25, 0.3) is 11.1 Å². The lowest BCUT2D eigenvalue weighted by Crippen LogP contribution is -2.44. The highest BCUT2D eigenvalue weighted by Gasteiger charge is 2.34. The van der Waals surface area contributed by atoms with E-state index in [1.165, 1.54) is 22.3 Å². The first-order valence-electron chi connectivity index (χ1n) is 14.2. The van der Waals surface area contributed by atoms with E-state index in [0.29, 0.717) is 11.5 Å². The molecule has 0 spiro atoms. The number of phenols is 2. The van der Waals surface area contributed by atoms with Gasteiger partial charge in [0.1, 0.15) is 11.5 Å². The molecular formula is C44H82O3Si2. The van der Waals surface area contributed by atoms with Crippen LogP contribution in [0.1, 0.15) is 110 Å². The van der Waals surface area contributed by atoms with Crippen LogP contribution < -0.4 is 0 Å². The summed E-state index contributed by atoms with van der Waals surface area (Å²) in [5.41, 5.74) is 7.89. The zero-order chi connectivity index (χ0) is 29.6. The zero-order valence-corrected chi connectivity index (χ0v) is 27.5. The van der Waals surface area contributed by atoms with Crippen LogP contribution in [-0.4, -0.2) is 26.8 Å². The first-order chi connectivity index (χ1) is 18.7. The topological polar surface area (TPSA) is 49.7 Å². The third-order valence-corrected chi connectivity index (χ3v) is 12.9. The predicted molar refractivity (Wildman–Crippen MR) is 236 cm³/mol. The fourth-order valence-corrected chi connectivity index (χ4v) is 13.6. The van der Waals surface area contributed by atoms with Crippen molar-refractivity contribution in [3.63, 3.8) is 0 Å². The van der Waals surface area contributed by atoms with Gasteiger partial charge in [-0.3, -0.25) is 0 Å². The van der Waals surface area contributed by atoms with Crippen molar-refractivity contribution >= 4 is 16.6 Å². The van der Waals surface area contributed by atoms with Crippen molar-refractivity contribution in [1.82, 2.24) is 0 Å². The van der Waals surface area contributed by atoms with E-state index in [-0.39, 0.29) is 72.3 Å². The third-order valence-electron chi connectivity index (χ3n) is 7.05. The Morgan fingerprint density at radius 3 is 1.16 bits per heavy atom. The summed E-state index contributed by atoms with van der Waals surface area (Å²) in [4.78, 5) is 0. The Labute approximate surface area is 310 Å². The van der Waals surface area contributed by atoms with E-state index in [0.717, 1.165) is 23.6 Å². The molecule has 4 aromatic carbocycles. The molecule has 0 fully saturated rings. The van der Waals surface area contributed by atoms with Gasteiger partial charge in [0.25, 0.3) is 0 Å². The zero-order valence-electron chi connectivity index (χ0n) is 25.5. The molecule has 0 saturated carbocycles. The number of phenolic OH excluding ortho intramolecular Hbond substituents is 2. The van der Waals surface area contributed by atoms with E-state index in [2.05, 4.69) is 95.1 Å². The summed E-state index contributed by atoms with van der Waals surface area (Å²) in [7, 11) is -3.19. The lowest BCUT2D eigenvalue weighted by atomic mass is 9.82. The van der Waals surface area contributed by atoms with E-state index in [1.807, 2.05) is 43.3 Å². The van der Waals surface area contributed by atoms with Gasteiger partial charge < -0.3 is 14.3 Å². The van der Waals surface area contributed by atoms with Gasteiger partial charge in [-0.1, -0.05) is 173 Å². The number of para-hydroxylation sites is 2. The van der Waals surface area contributed by atoms with Crippen molar-refractivity contribution in [3.05, 3.63) is 119 Å². The fraction of sp³-hybridized carbons (Fsp3) is 0.455. The summed E-state index contributed by atoms with van der Waals surface area (Å²) >= 11 is 0. The largest absolute Gasteiger partial charge is 0.508 e. The molecule has 4 aromatic rings. The molecular weight excluding hydrogens is 633 g/mol. The molecule has 0 atom stereocenters. The monoisotopic (exact) mass is 715 g/mol. The van der Waals surface area contributed by atoms with E-state index < -0.39 is 16.6 Å². The highest BCUT2D eigenvalue weighted by molar-refractivity contribution is 6.84. The number of hydrogen-bond donors (Lipinski definition) is 2. The summed E-state index contributed by atoms with van der Waals surface area (Å²) < 4.78 is 6.25. The van der Waals surface area contributed by atoms with Crippen molar-refractivity contribution in [2.75, 3.05) is 0 Å². The molecule has 49 heavy (non-hydrogen) atoms. The van der Waals surface area contributed by atoms with E-state index in [4.69, 9.17) is 9.22 Å². The smallest absolute Gasteiger partial charge is 0.177 e. The molecule has 0 bridgehead atoms. The van der Waals surface area contributed by atoms with Crippen molar-refractivity contribution in [3.8, 4) is 22.6 Å². The van der Waals surface area contributed by atoms with Crippen LogP contribution in [0, 0.1) is 0 Å². The molecule has 1 aliphatic rings. The van der Waals surface area contributed by atoms with Gasteiger partial charge in [0.2, 0.25) is 0 Å². The highest BCUT2D eigenvalue weighted by Crippen LogP contribution is 2.48. The molecule has 0 saturated heterocycles. The maximum Gasteiger partial charge on any atom is 0.177 e. The summed E-state index contributed by atoms with van der Waals surface area (Å²) in [5, 5.41) is 18.9. The van der Waals surface area contributed by atoms with Gasteiger partial charge in [-0.25, -0.2) is 0 Å². The van der Waals surface area contributed by atoms with Crippen LogP contribution in [0.3, 0.4) is 0 Å². The van der Waals surface area contributed by atoms with Crippen molar-refractivity contribution in [2.45, 2.75) is 138 Å². The standard InChI is InChI=1S/C15H14.C12H22O2Si2.C8H10O.9CH4/c1-15(2)13-9-5-3-7-11(13)12-8-4-6-10-14(12)15;1-15(2,3)14-16(4,5)10-11-8-6-7-9-12(11)13;1-2-7-5-3-4-6-8(7)9;;;;;;;;;/h3-10H,1-2H3;6-9,13H,10H2,1-5H3;3-6,9H,2H2,1H3;9*1H4. The first kappa shape index (κ1) is 61.1. The van der Waals surface area contributed by atoms with Crippen LogP contribution in [0.4, 0.5) is 0 Å². The second-order valence-corrected chi connectivity index (χ2v) is 21.4. The summed E-state index contributed by atoms with van der Waals surface area (Å²) in [6, 6.07) is 33.3. The SMILES string of the molecule is C.C.C.C.C.C.C.C.C.CC1(C)c2ccccc2-c2ccccc21.CCc1ccccc1O.C[Si](C)(C)O[Si](C)(C)Cc1ccccc1O. The summed E-state index contributed by atoms with van der Waals surface area (Å²) in [6.45, 7) is 17.7. The molecule has 0 unspecified atom stereocenters. The van der Waals surface area contributed by atoms with Crippen molar-refractivity contribution in [2.24, 2.45) is 0 Å². The number of hydrogen-bond acceptors (Lipinski definition) is 3. The Morgan fingerprint density at radius 2 is 0.837 bits per heavy atom. The number of aromatic hydroxyl groups is 2. The molecule has 5 heteroatoms. The normalized spacial score (nSPS) is 10.8. The Hall–Kier alpha value is -3.13. The van der Waals surface area contributed by atoms with Gasteiger partial charge in [0.05, 0.1) is 0 Å². The molecule has 5 rings (SSSR count). The first-order valence-corrected chi connectivity index (χ1v) is 20.7. The van der Waals surface area contributed by atoms with Gasteiger partial charge in [-0.2, -0.15) is 0 Å². The Kier molecular flexibility index (Phi) is 32.2. The number of aryl methyl sites for hydroxylation is 1. The number of rotatable bonds is 5. The van der Waals surface area contributed by atoms with Crippen molar-refractivity contribution in [1.29, 1.82) is 0 Å². The van der Waals surface area contributed by atoms with E-state index in [1.54, 1.807) is 12.1 Å². The van der Waals surface area contributed by atoms with Crippen LogP contribution >= 0.6 is 0 Å². The van der Waals surface area contributed by atoms with Gasteiger partial charge in [-0.15, -0.1) is 0 Å². The average Bonchev–Trinajstić information content (AvgIpc) is 3.12. The maximum atomic E-state index is 9.75. The number of benzene rings is 4. The van der Waals surface area contributed by atoms with Gasteiger partial charge in [-0.05, 0) is 90.7 Å². The van der Waals surface area contributed by atoms with Gasteiger partial charge >= 0.3 is 0 Å². The van der Waals surface area contributed by atoms with Gasteiger partial charge in [0.15, 0.2) is 16.6 Å². The van der Waals surface area contributed by atoms with Crippen LogP contribution in [0.2, 0.25) is 32.7 Å². The predicted octanol–water partition coefficient (Wildman–Crippen LogP) is 15.2. The molecule has 0 aromatic heterocycles. The third kappa shape index (κ3) is 16.9. The van der Waals surface area contributed by atoms with E-state index >= 15 is 0 Å². The Morgan fingerprint density at radius 1 is 0.510 bits per heavy atom. The summed E-state index contributed by atoms with van der Waals surface area (Å²) in [5.74, 6) is 0.794. The van der Waals surface area contributed by atoms with Gasteiger partial charge in [0, 0.05) is 5.41 Å². The van der Waals surface area contributed by atoms with E-state index in [9.17, 15) is 5.11 Å². The minimum atomic E-state index is -1.71. The second-order valence-electron chi connectivity index (χ2n) is 12.5. The molecule has 0 aliphatic heterocycles. The minimum absolute atomic E-state index is 0. The minimum Gasteiger partial charge on any atom is -0.508 e. The molecule has 3 nitrogen and oxygen atoms in total. The summed E-state index contributed by atoms with van der Waals surface area (Å²) in [6.07, 6.45) is 0.896. The van der Waals surface area contributed by atoms with Crippen molar-refractivity contribution < 1.29 is 14.3 Å². The lowest BCUT2D eigenvalue weighted by Gasteiger charge is -2.31. The molecule has 0 amide bonds. The average molecular weight is 715 g/mol. The quantitative estimate of drug-likeness (QED) is 0.202. The highest BCUT2D eigenvalue weighted by atomic mass is 28.4. The maximum absolute atomic E-state index is 9.75. The molecule has 1 aliphatic carbocycles. The van der Waals surface area contributed by atoms with Crippen LogP contribution in [0.5, 0.6) is 11.5 Å². The fourth-order valence-electron chi connectivity index (χ4n) is 5.46. The number of fused-ring (bicyclic) bond motifs is 3. The lowest BCUT2D eigenvalue weighted by molar-refractivity contribution is 0.467. The molecule has 284 valence electrons. The Bertz CT molecular complexity index is 1360.